The highest BCUT2D eigenvalue weighted by Crippen LogP contribution is 2.25. The number of imidazole rings is 1. The molecule has 0 bridgehead atoms. The number of hydrogen-bond acceptors (Lipinski definition) is 4. The number of benzene rings is 3. The Kier molecular flexibility index (Phi) is 8.05. The van der Waals surface area contributed by atoms with Gasteiger partial charge in [-0.2, -0.15) is 0 Å². The number of anilines is 1. The lowest BCUT2D eigenvalue weighted by Crippen LogP contribution is -2.42. The molecule has 1 aliphatic rings. The molecule has 39 heavy (non-hydrogen) atoms. The zero-order valence-corrected chi connectivity index (χ0v) is 22.2. The summed E-state index contributed by atoms with van der Waals surface area (Å²) in [6, 6.07) is 20.9. The fourth-order valence-corrected chi connectivity index (χ4v) is 4.64. The summed E-state index contributed by atoms with van der Waals surface area (Å²) in [6.45, 7) is 2.39. The van der Waals surface area contributed by atoms with Crippen molar-refractivity contribution in [3.05, 3.63) is 101 Å². The molecule has 1 aliphatic heterocycles. The van der Waals surface area contributed by atoms with Crippen molar-refractivity contribution in [1.29, 1.82) is 0 Å². The van der Waals surface area contributed by atoms with E-state index in [-0.39, 0.29) is 36.9 Å². The number of nitrogens with zero attached hydrogens (tertiary/aromatic N) is 3. The van der Waals surface area contributed by atoms with Gasteiger partial charge in [-0.3, -0.25) is 19.5 Å². The maximum Gasteiger partial charge on any atom is 0.254 e. The molecular weight excluding hydrogens is 519 g/mol. The Bertz CT molecular complexity index is 1470. The Hall–Kier alpha value is -4.01. The molecule has 0 aliphatic carbocycles. The largest absolute Gasteiger partial charge is 0.376 e. The average Bonchev–Trinajstić information content (AvgIpc) is 3.61. The van der Waals surface area contributed by atoms with Crippen LogP contribution in [0.5, 0.6) is 0 Å². The second-order valence-corrected chi connectivity index (χ2v) is 9.93. The van der Waals surface area contributed by atoms with Gasteiger partial charge in [0.2, 0.25) is 11.9 Å². The van der Waals surface area contributed by atoms with Crippen LogP contribution >= 0.6 is 11.6 Å². The minimum Gasteiger partial charge on any atom is -0.376 e. The number of carbonyl (C=O) groups excluding carboxylic acids is 2. The van der Waals surface area contributed by atoms with Gasteiger partial charge in [-0.1, -0.05) is 48.0 Å². The first-order valence-corrected chi connectivity index (χ1v) is 13.1. The van der Waals surface area contributed by atoms with Crippen LogP contribution in [0.4, 0.5) is 10.3 Å². The zero-order valence-electron chi connectivity index (χ0n) is 21.4. The van der Waals surface area contributed by atoms with E-state index in [9.17, 15) is 14.0 Å². The Morgan fingerprint density at radius 3 is 2.59 bits per heavy atom. The first kappa shape index (κ1) is 26.6. The van der Waals surface area contributed by atoms with Gasteiger partial charge in [0.05, 0.1) is 17.5 Å². The van der Waals surface area contributed by atoms with Gasteiger partial charge in [-0.15, -0.1) is 0 Å². The molecule has 2 heterocycles. The molecule has 3 aromatic carbocycles. The van der Waals surface area contributed by atoms with E-state index in [1.54, 1.807) is 54.1 Å². The summed E-state index contributed by atoms with van der Waals surface area (Å²) in [5.74, 6) is -0.880. The molecule has 1 fully saturated rings. The molecule has 0 spiro atoms. The molecule has 9 heteroatoms. The second-order valence-electron chi connectivity index (χ2n) is 9.50. The maximum absolute atomic E-state index is 14.4. The predicted octanol–water partition coefficient (Wildman–Crippen LogP) is 5.90. The van der Waals surface area contributed by atoms with E-state index in [2.05, 4.69) is 10.3 Å². The number of carbonyl (C=O) groups is 2. The molecular formula is C30H28ClFN4O3. The number of aromatic nitrogens is 2. The van der Waals surface area contributed by atoms with Crippen LogP contribution in [0.25, 0.3) is 16.9 Å². The fraction of sp³-hybridized carbons (Fsp3) is 0.233. The van der Waals surface area contributed by atoms with E-state index in [1.165, 1.54) is 11.0 Å². The third-order valence-electron chi connectivity index (χ3n) is 6.62. The highest BCUT2D eigenvalue weighted by molar-refractivity contribution is 6.30. The number of nitrogens with one attached hydrogen (secondary N) is 1. The fourth-order valence-electron chi connectivity index (χ4n) is 4.51. The van der Waals surface area contributed by atoms with Crippen LogP contribution in [0.1, 0.15) is 28.8 Å². The SMILES string of the molecule is Cc1ccc(-n2cc(-c3ccccc3)nc2NC(=O)CN(C[C@@H]2CCCO2)C(=O)c2ccc(Cl)cc2)cc1F. The Morgan fingerprint density at radius 1 is 1.13 bits per heavy atom. The summed E-state index contributed by atoms with van der Waals surface area (Å²) in [5.41, 5.74) is 2.90. The summed E-state index contributed by atoms with van der Waals surface area (Å²) in [5, 5.41) is 3.36. The monoisotopic (exact) mass is 546 g/mol. The van der Waals surface area contributed by atoms with Crippen LogP contribution in [0, 0.1) is 12.7 Å². The number of amides is 2. The van der Waals surface area contributed by atoms with Crippen molar-refractivity contribution in [2.75, 3.05) is 25.0 Å². The molecule has 200 valence electrons. The third-order valence-corrected chi connectivity index (χ3v) is 6.87. The molecule has 1 saturated heterocycles. The minimum absolute atomic E-state index is 0.142. The molecule has 2 amide bonds. The van der Waals surface area contributed by atoms with Crippen LogP contribution in [0.3, 0.4) is 0 Å². The molecule has 1 N–H and O–H groups in total. The van der Waals surface area contributed by atoms with Gasteiger partial charge in [0.1, 0.15) is 12.4 Å². The Labute approximate surface area is 231 Å². The van der Waals surface area contributed by atoms with Gasteiger partial charge in [0, 0.05) is 35.5 Å². The lowest BCUT2D eigenvalue weighted by molar-refractivity contribution is -0.117. The third kappa shape index (κ3) is 6.35. The van der Waals surface area contributed by atoms with Crippen molar-refractivity contribution >= 4 is 29.4 Å². The maximum atomic E-state index is 14.4. The Balaban J connectivity index is 1.42. The molecule has 5 rings (SSSR count). The highest BCUT2D eigenvalue weighted by atomic mass is 35.5. The van der Waals surface area contributed by atoms with Crippen molar-refractivity contribution in [2.24, 2.45) is 0 Å². The van der Waals surface area contributed by atoms with E-state index in [0.717, 1.165) is 18.4 Å². The number of ether oxygens (including phenoxy) is 1. The molecule has 1 atom stereocenters. The summed E-state index contributed by atoms with van der Waals surface area (Å²) >= 11 is 6.00. The normalized spacial score (nSPS) is 14.8. The van der Waals surface area contributed by atoms with E-state index in [4.69, 9.17) is 16.3 Å². The van der Waals surface area contributed by atoms with Crippen LogP contribution in [0.15, 0.2) is 79.0 Å². The van der Waals surface area contributed by atoms with E-state index in [1.807, 2.05) is 30.3 Å². The summed E-state index contributed by atoms with van der Waals surface area (Å²) in [4.78, 5) is 32.8. The summed E-state index contributed by atoms with van der Waals surface area (Å²) < 4.78 is 21.8. The second kappa shape index (κ2) is 11.8. The highest BCUT2D eigenvalue weighted by Gasteiger charge is 2.26. The van der Waals surface area contributed by atoms with Crippen molar-refractivity contribution in [1.82, 2.24) is 14.5 Å². The Morgan fingerprint density at radius 2 is 1.90 bits per heavy atom. The molecule has 0 saturated carbocycles. The number of aryl methyl sites for hydroxylation is 1. The lowest BCUT2D eigenvalue weighted by Gasteiger charge is -2.25. The predicted molar refractivity (Wildman–Crippen MR) is 149 cm³/mol. The molecule has 1 aromatic heterocycles. The van der Waals surface area contributed by atoms with Crippen molar-refractivity contribution in [3.63, 3.8) is 0 Å². The summed E-state index contributed by atoms with van der Waals surface area (Å²) in [6.07, 6.45) is 3.33. The van der Waals surface area contributed by atoms with Gasteiger partial charge in [-0.05, 0) is 61.7 Å². The standard InChI is InChI=1S/C30H28ClFN4O3/c1-20-9-14-24(16-26(20)32)36-18-27(21-6-3-2-4-7-21)33-30(36)34-28(37)19-35(17-25-8-5-15-39-25)29(38)22-10-12-23(31)13-11-22/h2-4,6-7,9-14,16,18,25H,5,8,15,17,19H2,1H3,(H,33,34,37)/t25-/m0/s1. The van der Waals surface area contributed by atoms with Gasteiger partial charge in [0.15, 0.2) is 0 Å². The first-order valence-electron chi connectivity index (χ1n) is 12.7. The zero-order chi connectivity index (χ0) is 27.4. The van der Waals surface area contributed by atoms with Crippen molar-refractivity contribution in [3.8, 4) is 16.9 Å². The molecule has 0 radical (unpaired) electrons. The van der Waals surface area contributed by atoms with Gasteiger partial charge < -0.3 is 9.64 Å². The van der Waals surface area contributed by atoms with E-state index in [0.29, 0.717) is 34.1 Å². The van der Waals surface area contributed by atoms with Gasteiger partial charge in [0.25, 0.3) is 5.91 Å². The first-order chi connectivity index (χ1) is 18.9. The van der Waals surface area contributed by atoms with Gasteiger partial charge in [-0.25, -0.2) is 9.37 Å². The molecule has 7 nitrogen and oxygen atoms in total. The van der Waals surface area contributed by atoms with Crippen LogP contribution in [-0.2, 0) is 9.53 Å². The summed E-state index contributed by atoms with van der Waals surface area (Å²) in [7, 11) is 0. The van der Waals surface area contributed by atoms with Crippen LogP contribution in [-0.4, -0.2) is 52.1 Å². The van der Waals surface area contributed by atoms with Crippen molar-refractivity contribution < 1.29 is 18.7 Å². The molecule has 0 unspecified atom stereocenters. The number of halogens is 2. The quantitative estimate of drug-likeness (QED) is 0.298. The van der Waals surface area contributed by atoms with Gasteiger partial charge >= 0.3 is 0 Å². The van der Waals surface area contributed by atoms with E-state index >= 15 is 0 Å². The van der Waals surface area contributed by atoms with E-state index < -0.39 is 5.91 Å². The smallest absolute Gasteiger partial charge is 0.254 e. The van der Waals surface area contributed by atoms with Crippen LogP contribution in [0.2, 0.25) is 5.02 Å². The topological polar surface area (TPSA) is 76.5 Å². The average molecular weight is 547 g/mol. The van der Waals surface area contributed by atoms with Crippen LogP contribution < -0.4 is 5.32 Å². The number of hydrogen-bond donors (Lipinski definition) is 1. The minimum atomic E-state index is -0.436. The van der Waals surface area contributed by atoms with Crippen molar-refractivity contribution in [2.45, 2.75) is 25.9 Å². The lowest BCUT2D eigenvalue weighted by atomic mass is 10.1. The number of rotatable bonds is 8. The molecule has 4 aromatic rings.